The van der Waals surface area contributed by atoms with E-state index in [4.69, 9.17) is 16.3 Å². The lowest BCUT2D eigenvalue weighted by Gasteiger charge is -2.17. The van der Waals surface area contributed by atoms with Gasteiger partial charge in [-0.15, -0.1) is 11.6 Å². The molecule has 0 saturated carbocycles. The zero-order valence-corrected chi connectivity index (χ0v) is 12.1. The van der Waals surface area contributed by atoms with E-state index in [0.29, 0.717) is 5.92 Å². The molecule has 0 radical (unpaired) electrons. The van der Waals surface area contributed by atoms with E-state index in [0.717, 1.165) is 31.6 Å². The van der Waals surface area contributed by atoms with E-state index in [1.807, 2.05) is 0 Å². The van der Waals surface area contributed by atoms with Gasteiger partial charge < -0.3 is 4.74 Å². The van der Waals surface area contributed by atoms with E-state index in [-0.39, 0.29) is 5.38 Å². The van der Waals surface area contributed by atoms with Gasteiger partial charge in [0.05, 0.1) is 12.0 Å². The molecule has 2 aromatic rings. The maximum Gasteiger partial charge on any atom is 0.122 e. The Hall–Kier alpha value is -1.47. The van der Waals surface area contributed by atoms with Gasteiger partial charge in [-0.25, -0.2) is 0 Å². The minimum Gasteiger partial charge on any atom is -0.493 e. The van der Waals surface area contributed by atoms with Crippen LogP contribution in [0.15, 0.2) is 42.5 Å². The summed E-state index contributed by atoms with van der Waals surface area (Å²) in [6, 6.07) is 15.2. The van der Waals surface area contributed by atoms with Crippen LogP contribution in [0, 0.1) is 5.92 Å². The number of rotatable bonds is 2. The van der Waals surface area contributed by atoms with Gasteiger partial charge in [0.15, 0.2) is 0 Å². The third kappa shape index (κ3) is 2.01. The second-order valence-corrected chi connectivity index (χ2v) is 6.27. The van der Waals surface area contributed by atoms with E-state index in [1.54, 1.807) is 0 Å². The fourth-order valence-corrected chi connectivity index (χ4v) is 3.76. The average molecular weight is 285 g/mol. The van der Waals surface area contributed by atoms with Gasteiger partial charge in [0.2, 0.25) is 0 Å². The molecule has 0 amide bonds. The molecule has 0 spiro atoms. The molecular weight excluding hydrogens is 268 g/mol. The Morgan fingerprint density at radius 1 is 1.00 bits per heavy atom. The molecular formula is C18H17ClO. The minimum atomic E-state index is 0.0910. The van der Waals surface area contributed by atoms with Crippen molar-refractivity contribution in [1.82, 2.24) is 0 Å². The molecule has 0 saturated heterocycles. The highest BCUT2D eigenvalue weighted by Crippen LogP contribution is 2.40. The van der Waals surface area contributed by atoms with E-state index >= 15 is 0 Å². The largest absolute Gasteiger partial charge is 0.493 e. The summed E-state index contributed by atoms with van der Waals surface area (Å²) in [7, 11) is 0. The Kier molecular flexibility index (Phi) is 2.96. The molecule has 2 heteroatoms. The number of hydrogen-bond donors (Lipinski definition) is 0. The molecule has 4 rings (SSSR count). The average Bonchev–Trinajstić information content (AvgIpc) is 3.11. The standard InChI is InChI=1S/C18H17ClO/c19-18(15-5-6-17-14(11-15)7-8-20-17)16-9-12-3-1-2-4-13(12)10-16/h1-6,11,16,18H,7-10H2. The third-order valence-electron chi connectivity index (χ3n) is 4.53. The summed E-state index contributed by atoms with van der Waals surface area (Å²) in [4.78, 5) is 0. The van der Waals surface area contributed by atoms with Crippen molar-refractivity contribution in [3.05, 3.63) is 64.7 Å². The van der Waals surface area contributed by atoms with Gasteiger partial charge in [0, 0.05) is 6.42 Å². The summed E-state index contributed by atoms with van der Waals surface area (Å²) < 4.78 is 5.57. The predicted octanol–water partition coefficient (Wildman–Crippen LogP) is 4.32. The Morgan fingerprint density at radius 2 is 1.75 bits per heavy atom. The van der Waals surface area contributed by atoms with Crippen LogP contribution < -0.4 is 4.74 Å². The van der Waals surface area contributed by atoms with Crippen LogP contribution in [0.25, 0.3) is 0 Å². The van der Waals surface area contributed by atoms with E-state index in [1.165, 1.54) is 22.3 Å². The van der Waals surface area contributed by atoms with Crippen LogP contribution in [0.1, 0.15) is 27.6 Å². The van der Waals surface area contributed by atoms with Crippen LogP contribution in [0.4, 0.5) is 0 Å². The van der Waals surface area contributed by atoms with Gasteiger partial charge in [0.25, 0.3) is 0 Å². The molecule has 1 nitrogen and oxygen atoms in total. The first-order valence-electron chi connectivity index (χ1n) is 7.28. The first-order chi connectivity index (χ1) is 9.81. The van der Waals surface area contributed by atoms with Gasteiger partial charge in [-0.3, -0.25) is 0 Å². The number of halogens is 1. The summed E-state index contributed by atoms with van der Waals surface area (Å²) in [6.45, 7) is 0.806. The normalized spacial score (nSPS) is 18.4. The quantitative estimate of drug-likeness (QED) is 0.747. The fraction of sp³-hybridized carbons (Fsp3) is 0.333. The molecule has 2 aliphatic rings. The Balaban J connectivity index is 1.58. The number of hydrogen-bond acceptors (Lipinski definition) is 1. The van der Waals surface area contributed by atoms with Crippen LogP contribution in [-0.2, 0) is 19.3 Å². The first kappa shape index (κ1) is 12.3. The fourth-order valence-electron chi connectivity index (χ4n) is 3.45. The number of fused-ring (bicyclic) bond motifs is 2. The molecule has 0 N–H and O–H groups in total. The summed E-state index contributed by atoms with van der Waals surface area (Å²) >= 11 is 6.76. The van der Waals surface area contributed by atoms with E-state index < -0.39 is 0 Å². The summed E-state index contributed by atoms with van der Waals surface area (Å²) in [6.07, 6.45) is 3.20. The zero-order chi connectivity index (χ0) is 13.5. The second kappa shape index (κ2) is 4.82. The highest BCUT2D eigenvalue weighted by Gasteiger charge is 2.28. The summed E-state index contributed by atoms with van der Waals surface area (Å²) in [5.41, 5.74) is 5.48. The van der Waals surface area contributed by atoms with Crippen molar-refractivity contribution in [2.24, 2.45) is 5.92 Å². The second-order valence-electron chi connectivity index (χ2n) is 5.80. The topological polar surface area (TPSA) is 9.23 Å². The van der Waals surface area contributed by atoms with Crippen molar-refractivity contribution < 1.29 is 4.74 Å². The smallest absolute Gasteiger partial charge is 0.122 e. The molecule has 0 aromatic heterocycles. The molecule has 1 heterocycles. The molecule has 2 aromatic carbocycles. The van der Waals surface area contributed by atoms with E-state index in [2.05, 4.69) is 42.5 Å². The van der Waals surface area contributed by atoms with Crippen LogP contribution in [0.3, 0.4) is 0 Å². The van der Waals surface area contributed by atoms with Gasteiger partial charge in [-0.05, 0) is 47.1 Å². The van der Waals surface area contributed by atoms with Gasteiger partial charge >= 0.3 is 0 Å². The molecule has 1 atom stereocenters. The van der Waals surface area contributed by atoms with Crippen molar-refractivity contribution in [2.45, 2.75) is 24.6 Å². The Bertz CT molecular complexity index is 625. The lowest BCUT2D eigenvalue weighted by atomic mass is 9.94. The van der Waals surface area contributed by atoms with Crippen LogP contribution >= 0.6 is 11.6 Å². The van der Waals surface area contributed by atoms with Crippen molar-refractivity contribution in [3.8, 4) is 5.75 Å². The van der Waals surface area contributed by atoms with Crippen molar-refractivity contribution in [1.29, 1.82) is 0 Å². The monoisotopic (exact) mass is 284 g/mol. The third-order valence-corrected chi connectivity index (χ3v) is 5.14. The van der Waals surface area contributed by atoms with Crippen molar-refractivity contribution >= 4 is 11.6 Å². The first-order valence-corrected chi connectivity index (χ1v) is 7.71. The number of alkyl halides is 1. The van der Waals surface area contributed by atoms with Crippen LogP contribution in [0.2, 0.25) is 0 Å². The van der Waals surface area contributed by atoms with E-state index in [9.17, 15) is 0 Å². The number of benzene rings is 2. The zero-order valence-electron chi connectivity index (χ0n) is 11.3. The maximum absolute atomic E-state index is 6.76. The Labute approximate surface area is 124 Å². The predicted molar refractivity (Wildman–Crippen MR) is 81.6 cm³/mol. The SMILES string of the molecule is ClC(c1ccc2c(c1)CCO2)C1Cc2ccccc2C1. The van der Waals surface area contributed by atoms with Crippen LogP contribution in [0.5, 0.6) is 5.75 Å². The highest BCUT2D eigenvalue weighted by molar-refractivity contribution is 6.21. The van der Waals surface area contributed by atoms with Crippen molar-refractivity contribution in [3.63, 3.8) is 0 Å². The molecule has 0 fully saturated rings. The molecule has 102 valence electrons. The lowest BCUT2D eigenvalue weighted by molar-refractivity contribution is 0.357. The molecule has 1 aliphatic carbocycles. The number of ether oxygens (including phenoxy) is 1. The molecule has 0 bridgehead atoms. The van der Waals surface area contributed by atoms with Gasteiger partial charge in [-0.1, -0.05) is 36.4 Å². The summed E-state index contributed by atoms with van der Waals surface area (Å²) in [5, 5.41) is 0.0910. The van der Waals surface area contributed by atoms with Gasteiger partial charge in [0.1, 0.15) is 5.75 Å². The minimum absolute atomic E-state index is 0.0910. The maximum atomic E-state index is 6.76. The van der Waals surface area contributed by atoms with Crippen LogP contribution in [-0.4, -0.2) is 6.61 Å². The van der Waals surface area contributed by atoms with Gasteiger partial charge in [-0.2, -0.15) is 0 Å². The highest BCUT2D eigenvalue weighted by atomic mass is 35.5. The molecule has 20 heavy (non-hydrogen) atoms. The molecule has 1 unspecified atom stereocenters. The summed E-state index contributed by atoms with van der Waals surface area (Å²) in [5.74, 6) is 1.54. The lowest BCUT2D eigenvalue weighted by Crippen LogP contribution is -2.08. The van der Waals surface area contributed by atoms with Crippen molar-refractivity contribution in [2.75, 3.05) is 6.61 Å². The Morgan fingerprint density at radius 3 is 2.50 bits per heavy atom. The molecule has 1 aliphatic heterocycles.